The number of nitrogens with one attached hydrogen (secondary N) is 1. The summed E-state index contributed by atoms with van der Waals surface area (Å²) in [5, 5.41) is 3.65. The lowest BCUT2D eigenvalue weighted by molar-refractivity contribution is 0.327. The number of hydrogen-bond acceptors (Lipinski definition) is 1. The van der Waals surface area contributed by atoms with Gasteiger partial charge in [0.2, 0.25) is 0 Å². The average molecular weight is 167 g/mol. The van der Waals surface area contributed by atoms with E-state index in [-0.39, 0.29) is 0 Å². The molecule has 0 amide bonds. The fourth-order valence-corrected chi connectivity index (χ4v) is 2.40. The van der Waals surface area contributed by atoms with E-state index in [9.17, 15) is 0 Å². The smallest absolute Gasteiger partial charge is 0.00670 e. The first-order valence-electron chi connectivity index (χ1n) is 5.68. The van der Waals surface area contributed by atoms with Gasteiger partial charge < -0.3 is 5.32 Å². The van der Waals surface area contributed by atoms with Gasteiger partial charge in [0, 0.05) is 6.04 Å². The van der Waals surface area contributed by atoms with E-state index in [1.54, 1.807) is 0 Å². The monoisotopic (exact) mass is 167 g/mol. The van der Waals surface area contributed by atoms with Crippen LogP contribution in [0.25, 0.3) is 0 Å². The predicted octanol–water partition coefficient (Wildman–Crippen LogP) is 2.71. The molecule has 0 aromatic rings. The lowest BCUT2D eigenvalue weighted by Crippen LogP contribution is -2.36. The van der Waals surface area contributed by atoms with Crippen molar-refractivity contribution in [2.45, 2.75) is 57.4 Å². The van der Waals surface area contributed by atoms with Gasteiger partial charge in [-0.1, -0.05) is 32.1 Å². The van der Waals surface area contributed by atoms with E-state index < -0.39 is 0 Å². The Morgan fingerprint density at radius 1 is 0.917 bits per heavy atom. The van der Waals surface area contributed by atoms with Crippen molar-refractivity contribution in [3.05, 3.63) is 0 Å². The molecule has 2 rings (SSSR count). The van der Waals surface area contributed by atoms with Gasteiger partial charge in [-0.15, -0.1) is 0 Å². The maximum Gasteiger partial charge on any atom is 0.00670 e. The summed E-state index contributed by atoms with van der Waals surface area (Å²) in [6.07, 6.45) is 11.8. The Labute approximate surface area is 75.9 Å². The van der Waals surface area contributed by atoms with Crippen molar-refractivity contribution in [3.8, 4) is 0 Å². The molecule has 2 aliphatic rings. The van der Waals surface area contributed by atoms with E-state index in [2.05, 4.69) is 5.32 Å². The fraction of sp³-hybridized carbons (Fsp3) is 1.00. The molecule has 0 atom stereocenters. The van der Waals surface area contributed by atoms with Crippen LogP contribution >= 0.6 is 0 Å². The molecule has 70 valence electrons. The van der Waals surface area contributed by atoms with Gasteiger partial charge in [0.25, 0.3) is 0 Å². The Morgan fingerprint density at radius 2 is 1.67 bits per heavy atom. The number of hydrogen-bond donors (Lipinski definition) is 1. The molecule has 2 aliphatic carbocycles. The Morgan fingerprint density at radius 3 is 2.25 bits per heavy atom. The van der Waals surface area contributed by atoms with Gasteiger partial charge >= 0.3 is 0 Å². The molecule has 0 aliphatic heterocycles. The molecule has 1 nitrogen and oxygen atoms in total. The summed E-state index contributed by atoms with van der Waals surface area (Å²) in [5.74, 6) is 1.07. The summed E-state index contributed by atoms with van der Waals surface area (Å²) in [5.41, 5.74) is 0. The largest absolute Gasteiger partial charge is 0.314 e. The summed E-state index contributed by atoms with van der Waals surface area (Å²) in [4.78, 5) is 0. The molecule has 12 heavy (non-hydrogen) atoms. The molecule has 1 N–H and O–H groups in total. The molecule has 0 saturated heterocycles. The molecule has 0 spiro atoms. The van der Waals surface area contributed by atoms with Crippen LogP contribution in [-0.2, 0) is 0 Å². The first kappa shape index (κ1) is 8.55. The highest BCUT2D eigenvalue weighted by Crippen LogP contribution is 2.27. The molecule has 1 heteroatoms. The molecule has 0 bridgehead atoms. The summed E-state index contributed by atoms with van der Waals surface area (Å²) in [6, 6.07) is 0.895. The minimum Gasteiger partial charge on any atom is -0.314 e. The maximum atomic E-state index is 3.65. The minimum absolute atomic E-state index is 0.895. The summed E-state index contributed by atoms with van der Waals surface area (Å²) < 4.78 is 0. The molecular weight excluding hydrogens is 146 g/mol. The van der Waals surface area contributed by atoms with Gasteiger partial charge in [-0.05, 0) is 31.7 Å². The van der Waals surface area contributed by atoms with E-state index in [1.807, 2.05) is 0 Å². The van der Waals surface area contributed by atoms with Crippen LogP contribution in [0.5, 0.6) is 0 Å². The van der Waals surface area contributed by atoms with Gasteiger partial charge in [0.15, 0.2) is 0 Å². The second-order valence-electron chi connectivity index (χ2n) is 4.52. The van der Waals surface area contributed by atoms with Crippen molar-refractivity contribution >= 4 is 0 Å². The molecule has 0 radical (unpaired) electrons. The van der Waals surface area contributed by atoms with E-state index in [0.29, 0.717) is 0 Å². The zero-order valence-electron chi connectivity index (χ0n) is 8.02. The molecular formula is C11H21N. The third-order valence-electron chi connectivity index (χ3n) is 3.57. The van der Waals surface area contributed by atoms with E-state index in [1.165, 1.54) is 57.9 Å². The maximum absolute atomic E-state index is 3.65. The Balaban J connectivity index is 1.49. The summed E-state index contributed by atoms with van der Waals surface area (Å²) in [7, 11) is 0. The summed E-state index contributed by atoms with van der Waals surface area (Å²) in [6.45, 7) is 1.29. The Hall–Kier alpha value is -0.0400. The standard InChI is InChI=1S/C11H21N/c1-2-5-10(4-1)8-9-12-11-6-3-7-11/h10-12H,1-9H2. The van der Waals surface area contributed by atoms with Crippen LogP contribution in [0.2, 0.25) is 0 Å². The van der Waals surface area contributed by atoms with Crippen molar-refractivity contribution in [3.63, 3.8) is 0 Å². The zero-order chi connectivity index (χ0) is 8.23. The van der Waals surface area contributed by atoms with Crippen LogP contribution in [0.3, 0.4) is 0 Å². The van der Waals surface area contributed by atoms with Crippen LogP contribution in [0.1, 0.15) is 51.4 Å². The molecule has 0 aromatic carbocycles. The van der Waals surface area contributed by atoms with Gasteiger partial charge in [-0.25, -0.2) is 0 Å². The van der Waals surface area contributed by atoms with Crippen LogP contribution in [-0.4, -0.2) is 12.6 Å². The van der Waals surface area contributed by atoms with Crippen molar-refractivity contribution in [1.29, 1.82) is 0 Å². The van der Waals surface area contributed by atoms with Gasteiger partial charge in [-0.2, -0.15) is 0 Å². The van der Waals surface area contributed by atoms with Crippen LogP contribution < -0.4 is 5.32 Å². The molecule has 0 aromatic heterocycles. The van der Waals surface area contributed by atoms with Crippen LogP contribution in [0.4, 0.5) is 0 Å². The van der Waals surface area contributed by atoms with Crippen LogP contribution in [0, 0.1) is 5.92 Å². The molecule has 0 unspecified atom stereocenters. The third-order valence-corrected chi connectivity index (χ3v) is 3.57. The highest BCUT2D eigenvalue weighted by atomic mass is 14.9. The molecule has 2 saturated carbocycles. The first-order chi connectivity index (χ1) is 5.95. The quantitative estimate of drug-likeness (QED) is 0.679. The zero-order valence-corrected chi connectivity index (χ0v) is 8.02. The van der Waals surface area contributed by atoms with Gasteiger partial charge in [0.05, 0.1) is 0 Å². The third kappa shape index (κ3) is 2.22. The fourth-order valence-electron chi connectivity index (χ4n) is 2.40. The van der Waals surface area contributed by atoms with Crippen molar-refractivity contribution < 1.29 is 0 Å². The van der Waals surface area contributed by atoms with Crippen LogP contribution in [0.15, 0.2) is 0 Å². The lowest BCUT2D eigenvalue weighted by atomic mass is 9.93. The van der Waals surface area contributed by atoms with Crippen molar-refractivity contribution in [2.24, 2.45) is 5.92 Å². The normalized spacial score (nSPS) is 26.0. The molecule has 2 fully saturated rings. The topological polar surface area (TPSA) is 12.0 Å². The summed E-state index contributed by atoms with van der Waals surface area (Å²) >= 11 is 0. The SMILES string of the molecule is C1CCC(CCNC2CCC2)C1. The van der Waals surface area contributed by atoms with Crippen molar-refractivity contribution in [1.82, 2.24) is 5.32 Å². The van der Waals surface area contributed by atoms with Crippen molar-refractivity contribution in [2.75, 3.05) is 6.54 Å². The highest BCUT2D eigenvalue weighted by Gasteiger charge is 2.18. The predicted molar refractivity (Wildman–Crippen MR) is 52.2 cm³/mol. The second-order valence-corrected chi connectivity index (χ2v) is 4.52. The molecule has 0 heterocycles. The second kappa shape index (κ2) is 4.27. The Bertz CT molecular complexity index is 123. The first-order valence-corrected chi connectivity index (χ1v) is 5.68. The number of rotatable bonds is 4. The Kier molecular flexibility index (Phi) is 3.04. The highest BCUT2D eigenvalue weighted by molar-refractivity contribution is 4.77. The van der Waals surface area contributed by atoms with E-state index in [0.717, 1.165) is 12.0 Å². The lowest BCUT2D eigenvalue weighted by Gasteiger charge is -2.27. The minimum atomic E-state index is 0.895. The van der Waals surface area contributed by atoms with E-state index >= 15 is 0 Å². The van der Waals surface area contributed by atoms with E-state index in [4.69, 9.17) is 0 Å². The average Bonchev–Trinajstić information content (AvgIpc) is 2.46. The van der Waals surface area contributed by atoms with Gasteiger partial charge in [-0.3, -0.25) is 0 Å². The van der Waals surface area contributed by atoms with Gasteiger partial charge in [0.1, 0.15) is 0 Å².